The van der Waals surface area contributed by atoms with Crippen LogP contribution < -0.4 is 10.1 Å². The van der Waals surface area contributed by atoms with E-state index in [-0.39, 0.29) is 30.4 Å². The van der Waals surface area contributed by atoms with Crippen LogP contribution in [0.2, 0.25) is 5.02 Å². The van der Waals surface area contributed by atoms with Crippen molar-refractivity contribution in [3.8, 4) is 5.75 Å². The first-order valence-electron chi connectivity index (χ1n) is 11.7. The summed E-state index contributed by atoms with van der Waals surface area (Å²) in [5.41, 5.74) is 2.72. The van der Waals surface area contributed by atoms with Crippen molar-refractivity contribution >= 4 is 23.4 Å². The standard InChI is InChI=1S/C29H33ClN2O3/c1-29(2,3)24-12-8-9-13-26(24)35-20-27(33)32(19-22-14-16-23(30)17-15-22)25(28(34)31-4)18-21-10-6-5-7-11-21/h5-17,25H,18-20H2,1-4H3,(H,31,34). The number of para-hydroxylation sites is 1. The highest BCUT2D eigenvalue weighted by molar-refractivity contribution is 6.30. The molecule has 0 aromatic heterocycles. The highest BCUT2D eigenvalue weighted by Crippen LogP contribution is 2.31. The molecule has 0 saturated carbocycles. The third kappa shape index (κ3) is 7.33. The maximum atomic E-state index is 13.6. The first-order chi connectivity index (χ1) is 16.7. The molecule has 6 heteroatoms. The van der Waals surface area contributed by atoms with Gasteiger partial charge in [0.15, 0.2) is 6.61 Å². The zero-order valence-electron chi connectivity index (χ0n) is 20.8. The average Bonchev–Trinajstić information content (AvgIpc) is 2.85. The van der Waals surface area contributed by atoms with Crippen molar-refractivity contribution in [1.29, 1.82) is 0 Å². The van der Waals surface area contributed by atoms with E-state index in [9.17, 15) is 9.59 Å². The van der Waals surface area contributed by atoms with Crippen molar-refractivity contribution in [3.05, 3.63) is 101 Å². The van der Waals surface area contributed by atoms with Crippen molar-refractivity contribution < 1.29 is 14.3 Å². The van der Waals surface area contributed by atoms with E-state index in [0.29, 0.717) is 17.2 Å². The number of nitrogens with one attached hydrogen (secondary N) is 1. The van der Waals surface area contributed by atoms with Gasteiger partial charge < -0.3 is 15.0 Å². The molecular weight excluding hydrogens is 460 g/mol. The fraction of sp³-hybridized carbons (Fsp3) is 0.310. The van der Waals surface area contributed by atoms with E-state index in [0.717, 1.165) is 16.7 Å². The van der Waals surface area contributed by atoms with Gasteiger partial charge >= 0.3 is 0 Å². The molecule has 0 aliphatic heterocycles. The Labute approximate surface area is 213 Å². The van der Waals surface area contributed by atoms with Crippen LogP contribution in [0.4, 0.5) is 0 Å². The first kappa shape index (κ1) is 26.3. The van der Waals surface area contributed by atoms with Gasteiger partial charge in [-0.25, -0.2) is 0 Å². The number of likely N-dealkylation sites (N-methyl/N-ethyl adjacent to an activating group) is 1. The highest BCUT2D eigenvalue weighted by atomic mass is 35.5. The fourth-order valence-corrected chi connectivity index (χ4v) is 4.07. The van der Waals surface area contributed by atoms with Crippen LogP contribution in [0, 0.1) is 0 Å². The average molecular weight is 493 g/mol. The molecule has 0 aliphatic rings. The summed E-state index contributed by atoms with van der Waals surface area (Å²) in [5.74, 6) is 0.166. The quantitative estimate of drug-likeness (QED) is 0.435. The molecule has 0 aliphatic carbocycles. The fourth-order valence-electron chi connectivity index (χ4n) is 3.94. The summed E-state index contributed by atoms with van der Waals surface area (Å²) in [6.07, 6.45) is 0.387. The van der Waals surface area contributed by atoms with Crippen molar-refractivity contribution in [2.45, 2.75) is 45.2 Å². The van der Waals surface area contributed by atoms with Crippen LogP contribution in [-0.2, 0) is 28.0 Å². The molecule has 0 fully saturated rings. The number of rotatable bonds is 9. The molecule has 1 N–H and O–H groups in total. The lowest BCUT2D eigenvalue weighted by atomic mass is 9.86. The number of carbonyl (C=O) groups is 2. The third-order valence-electron chi connectivity index (χ3n) is 5.83. The Kier molecular flexibility index (Phi) is 8.94. The van der Waals surface area contributed by atoms with E-state index >= 15 is 0 Å². The molecule has 184 valence electrons. The second-order valence-electron chi connectivity index (χ2n) is 9.50. The Bertz CT molecular complexity index is 1120. The van der Waals surface area contributed by atoms with E-state index in [1.54, 1.807) is 24.1 Å². The lowest BCUT2D eigenvalue weighted by Gasteiger charge is -2.31. The summed E-state index contributed by atoms with van der Waals surface area (Å²) in [4.78, 5) is 28.2. The van der Waals surface area contributed by atoms with Gasteiger partial charge in [-0.2, -0.15) is 0 Å². The molecule has 0 heterocycles. The molecule has 0 bridgehead atoms. The SMILES string of the molecule is CNC(=O)C(Cc1ccccc1)N(Cc1ccc(Cl)cc1)C(=O)COc1ccccc1C(C)(C)C. The highest BCUT2D eigenvalue weighted by Gasteiger charge is 2.30. The Morgan fingerprint density at radius 2 is 1.54 bits per heavy atom. The van der Waals surface area contributed by atoms with Gasteiger partial charge in [0, 0.05) is 25.0 Å². The molecule has 1 unspecified atom stereocenters. The van der Waals surface area contributed by atoms with Crippen molar-refractivity contribution in [1.82, 2.24) is 10.2 Å². The van der Waals surface area contributed by atoms with E-state index in [1.807, 2.05) is 66.7 Å². The normalized spacial score (nSPS) is 12.0. The van der Waals surface area contributed by atoms with Crippen LogP contribution in [0.3, 0.4) is 0 Å². The minimum absolute atomic E-state index is 0.138. The summed E-state index contributed by atoms with van der Waals surface area (Å²) >= 11 is 6.06. The smallest absolute Gasteiger partial charge is 0.261 e. The van der Waals surface area contributed by atoms with E-state index in [4.69, 9.17) is 16.3 Å². The van der Waals surface area contributed by atoms with Gasteiger partial charge in [0.25, 0.3) is 5.91 Å². The van der Waals surface area contributed by atoms with Gasteiger partial charge in [-0.1, -0.05) is 93.0 Å². The Balaban J connectivity index is 1.90. The van der Waals surface area contributed by atoms with Crippen LogP contribution in [0.1, 0.15) is 37.5 Å². The molecule has 2 amide bonds. The number of hydrogen-bond acceptors (Lipinski definition) is 3. The summed E-state index contributed by atoms with van der Waals surface area (Å²) in [6, 6.07) is 24.0. The van der Waals surface area contributed by atoms with Gasteiger partial charge in [0.05, 0.1) is 0 Å². The first-order valence-corrected chi connectivity index (χ1v) is 12.1. The molecule has 0 spiro atoms. The predicted molar refractivity (Wildman–Crippen MR) is 141 cm³/mol. The summed E-state index contributed by atoms with van der Waals surface area (Å²) < 4.78 is 6.03. The molecule has 5 nitrogen and oxygen atoms in total. The minimum Gasteiger partial charge on any atom is -0.483 e. The van der Waals surface area contributed by atoms with Gasteiger partial charge in [0.1, 0.15) is 11.8 Å². The van der Waals surface area contributed by atoms with Gasteiger partial charge in [0.2, 0.25) is 5.91 Å². The molecule has 3 aromatic rings. The number of carbonyl (C=O) groups excluding carboxylic acids is 2. The van der Waals surface area contributed by atoms with Gasteiger partial charge in [-0.05, 0) is 40.3 Å². The van der Waals surface area contributed by atoms with E-state index < -0.39 is 6.04 Å². The second kappa shape index (κ2) is 11.9. The Morgan fingerprint density at radius 1 is 0.914 bits per heavy atom. The lowest BCUT2D eigenvalue weighted by molar-refractivity contribution is -0.142. The Hall–Kier alpha value is -3.31. The summed E-state index contributed by atoms with van der Waals surface area (Å²) in [6.45, 7) is 6.39. The molecule has 0 saturated heterocycles. The number of nitrogens with zero attached hydrogens (tertiary/aromatic N) is 1. The molecule has 35 heavy (non-hydrogen) atoms. The van der Waals surface area contributed by atoms with Crippen LogP contribution in [0.25, 0.3) is 0 Å². The number of amides is 2. The Morgan fingerprint density at radius 3 is 2.17 bits per heavy atom. The molecule has 0 radical (unpaired) electrons. The van der Waals surface area contributed by atoms with Crippen molar-refractivity contribution in [3.63, 3.8) is 0 Å². The molecule has 1 atom stereocenters. The zero-order chi connectivity index (χ0) is 25.4. The van der Waals surface area contributed by atoms with Gasteiger partial charge in [-0.15, -0.1) is 0 Å². The number of benzene rings is 3. The number of halogens is 1. The summed E-state index contributed by atoms with van der Waals surface area (Å²) in [7, 11) is 1.58. The maximum Gasteiger partial charge on any atom is 0.261 e. The van der Waals surface area contributed by atoms with E-state index in [1.165, 1.54) is 0 Å². The van der Waals surface area contributed by atoms with Crippen LogP contribution in [0.15, 0.2) is 78.9 Å². The molecule has 3 rings (SSSR count). The van der Waals surface area contributed by atoms with Crippen LogP contribution >= 0.6 is 11.6 Å². The van der Waals surface area contributed by atoms with Crippen LogP contribution in [0.5, 0.6) is 5.75 Å². The third-order valence-corrected chi connectivity index (χ3v) is 6.08. The van der Waals surface area contributed by atoms with Gasteiger partial charge in [-0.3, -0.25) is 9.59 Å². The number of hydrogen-bond donors (Lipinski definition) is 1. The predicted octanol–water partition coefficient (Wildman–Crippen LogP) is 5.40. The monoisotopic (exact) mass is 492 g/mol. The summed E-state index contributed by atoms with van der Waals surface area (Å²) in [5, 5.41) is 3.34. The lowest BCUT2D eigenvalue weighted by Crippen LogP contribution is -2.51. The molecular formula is C29H33ClN2O3. The second-order valence-corrected chi connectivity index (χ2v) is 9.94. The van der Waals surface area contributed by atoms with Crippen molar-refractivity contribution in [2.75, 3.05) is 13.7 Å². The van der Waals surface area contributed by atoms with Crippen molar-refractivity contribution in [2.24, 2.45) is 0 Å². The molecule has 3 aromatic carbocycles. The van der Waals surface area contributed by atoms with Crippen LogP contribution in [-0.4, -0.2) is 36.4 Å². The number of ether oxygens (including phenoxy) is 1. The minimum atomic E-state index is -0.702. The van der Waals surface area contributed by atoms with E-state index in [2.05, 4.69) is 26.1 Å². The largest absolute Gasteiger partial charge is 0.483 e. The topological polar surface area (TPSA) is 58.6 Å². The zero-order valence-corrected chi connectivity index (χ0v) is 21.5. The maximum absolute atomic E-state index is 13.6.